The lowest BCUT2D eigenvalue weighted by molar-refractivity contribution is -0.144. The molecule has 0 bridgehead atoms. The molecule has 8 heteroatoms. The smallest absolute Gasteiger partial charge is 0.310 e. The molecule has 2 aromatic heterocycles. The van der Waals surface area contributed by atoms with E-state index in [0.717, 1.165) is 17.0 Å². The minimum Gasteiger partial charge on any atom is -0.461 e. The second-order valence-corrected chi connectivity index (χ2v) is 6.45. The van der Waals surface area contributed by atoms with E-state index in [2.05, 4.69) is 21.1 Å². The Morgan fingerprint density at radius 3 is 2.81 bits per heavy atom. The largest absolute Gasteiger partial charge is 0.461 e. The number of nitrogens with zero attached hydrogens (tertiary/aromatic N) is 5. The zero-order valence-electron chi connectivity index (χ0n) is 14.7. The van der Waals surface area contributed by atoms with Gasteiger partial charge in [0.2, 0.25) is 5.16 Å². The first kappa shape index (κ1) is 17.9. The van der Waals surface area contributed by atoms with Crippen molar-refractivity contribution >= 4 is 23.5 Å². The molecule has 0 saturated heterocycles. The molecule has 0 spiro atoms. The number of benzene rings is 1. The summed E-state index contributed by atoms with van der Waals surface area (Å²) in [5, 5.41) is 14.1. The molecule has 0 fully saturated rings. The molecule has 0 aliphatic heterocycles. The van der Waals surface area contributed by atoms with Crippen LogP contribution in [0.15, 0.2) is 29.4 Å². The van der Waals surface area contributed by atoms with Crippen LogP contribution in [0.4, 0.5) is 0 Å². The number of rotatable bonds is 5. The highest BCUT2D eigenvalue weighted by Crippen LogP contribution is 2.18. The first-order valence-electron chi connectivity index (χ1n) is 7.94. The Morgan fingerprint density at radius 1 is 1.31 bits per heavy atom. The topological polar surface area (TPSA) is 93.2 Å². The van der Waals surface area contributed by atoms with E-state index >= 15 is 0 Å². The molecule has 0 saturated carbocycles. The third-order valence-electron chi connectivity index (χ3n) is 4.06. The molecule has 0 radical (unpaired) electrons. The van der Waals surface area contributed by atoms with Gasteiger partial charge in [-0.15, -0.1) is 5.10 Å². The second kappa shape index (κ2) is 7.54. The summed E-state index contributed by atoms with van der Waals surface area (Å²) in [5.41, 5.74) is 3.50. The Labute approximate surface area is 155 Å². The van der Waals surface area contributed by atoms with E-state index in [9.17, 15) is 4.79 Å². The molecule has 132 valence electrons. The average molecular weight is 367 g/mol. The van der Waals surface area contributed by atoms with Crippen molar-refractivity contribution in [3.63, 3.8) is 0 Å². The molecule has 0 amide bonds. The van der Waals surface area contributed by atoms with Crippen molar-refractivity contribution in [2.24, 2.45) is 0 Å². The van der Waals surface area contributed by atoms with Gasteiger partial charge in [-0.3, -0.25) is 4.79 Å². The van der Waals surface area contributed by atoms with Crippen LogP contribution in [-0.4, -0.2) is 31.8 Å². The summed E-state index contributed by atoms with van der Waals surface area (Å²) in [4.78, 5) is 21.1. The van der Waals surface area contributed by atoms with Gasteiger partial charge in [0.15, 0.2) is 0 Å². The van der Waals surface area contributed by atoms with E-state index in [0.29, 0.717) is 22.1 Å². The van der Waals surface area contributed by atoms with Gasteiger partial charge in [-0.25, -0.2) is 9.50 Å². The lowest BCUT2D eigenvalue weighted by Crippen LogP contribution is -2.13. The van der Waals surface area contributed by atoms with Crippen molar-refractivity contribution in [2.45, 2.75) is 32.0 Å². The maximum absolute atomic E-state index is 12.3. The van der Waals surface area contributed by atoms with Crippen LogP contribution < -0.4 is 0 Å². The number of fused-ring (bicyclic) bond motifs is 1. The maximum Gasteiger partial charge on any atom is 0.310 e. The van der Waals surface area contributed by atoms with Crippen molar-refractivity contribution in [1.82, 2.24) is 19.6 Å². The molecule has 0 atom stereocenters. The lowest BCUT2D eigenvalue weighted by Gasteiger charge is -2.10. The molecule has 0 unspecified atom stereocenters. The predicted octanol–water partition coefficient (Wildman–Crippen LogP) is 2.62. The monoisotopic (exact) mass is 367 g/mol. The van der Waals surface area contributed by atoms with Crippen molar-refractivity contribution in [3.05, 3.63) is 52.3 Å². The summed E-state index contributed by atoms with van der Waals surface area (Å²) >= 11 is 1.44. The Hall–Kier alpha value is -2.92. The average Bonchev–Trinajstić information content (AvgIpc) is 3.07. The van der Waals surface area contributed by atoms with Crippen LogP contribution in [0.25, 0.3) is 5.78 Å². The van der Waals surface area contributed by atoms with Crippen LogP contribution in [0.1, 0.15) is 28.1 Å². The fourth-order valence-corrected chi connectivity index (χ4v) is 2.98. The van der Waals surface area contributed by atoms with Crippen LogP contribution in [-0.2, 0) is 22.6 Å². The highest BCUT2D eigenvalue weighted by atomic mass is 32.2. The van der Waals surface area contributed by atoms with Crippen molar-refractivity contribution < 1.29 is 9.53 Å². The molecule has 3 aromatic rings. The van der Waals surface area contributed by atoms with Crippen LogP contribution in [0.2, 0.25) is 0 Å². The van der Waals surface area contributed by atoms with Gasteiger partial charge in [0.25, 0.3) is 5.78 Å². The number of esters is 1. The molecule has 7 nitrogen and oxygen atoms in total. The Balaban J connectivity index is 1.78. The minimum atomic E-state index is -0.379. The van der Waals surface area contributed by atoms with Crippen molar-refractivity contribution in [1.29, 1.82) is 5.26 Å². The van der Waals surface area contributed by atoms with E-state index in [1.54, 1.807) is 22.7 Å². The van der Waals surface area contributed by atoms with Crippen molar-refractivity contribution in [2.75, 3.05) is 6.26 Å². The molecule has 0 N–H and O–H groups in total. The van der Waals surface area contributed by atoms with Crippen LogP contribution in [0.5, 0.6) is 0 Å². The zero-order chi connectivity index (χ0) is 18.7. The van der Waals surface area contributed by atoms with E-state index in [4.69, 9.17) is 10.00 Å². The van der Waals surface area contributed by atoms with Gasteiger partial charge in [0.1, 0.15) is 6.61 Å². The number of ether oxygens (including phenoxy) is 1. The Kier molecular flexibility index (Phi) is 5.19. The summed E-state index contributed by atoms with van der Waals surface area (Å²) in [7, 11) is 0. The Morgan fingerprint density at radius 2 is 2.08 bits per heavy atom. The van der Waals surface area contributed by atoms with Gasteiger partial charge in [-0.05, 0) is 26.2 Å². The van der Waals surface area contributed by atoms with Crippen LogP contribution in [0.3, 0.4) is 0 Å². The SMILES string of the molecule is CSc1nc2nc(C)c(CC(=O)OCc3ccccc3C#N)c(C)n2n1. The number of aromatic nitrogens is 4. The fraction of sp³-hybridized carbons (Fsp3) is 0.278. The van der Waals surface area contributed by atoms with E-state index in [1.165, 1.54) is 11.8 Å². The number of carbonyl (C=O) groups excluding carboxylic acids is 1. The molecular weight excluding hydrogens is 350 g/mol. The van der Waals surface area contributed by atoms with Gasteiger partial charge >= 0.3 is 5.97 Å². The summed E-state index contributed by atoms with van der Waals surface area (Å²) < 4.78 is 7.00. The van der Waals surface area contributed by atoms with Crippen molar-refractivity contribution in [3.8, 4) is 6.07 Å². The molecule has 3 rings (SSSR count). The zero-order valence-corrected chi connectivity index (χ0v) is 15.5. The number of carbonyl (C=O) groups is 1. The lowest BCUT2D eigenvalue weighted by atomic mass is 10.1. The normalized spacial score (nSPS) is 10.7. The number of aryl methyl sites for hydroxylation is 2. The summed E-state index contributed by atoms with van der Waals surface area (Å²) in [5.74, 6) is 0.139. The first-order chi connectivity index (χ1) is 12.5. The number of hydrogen-bond acceptors (Lipinski definition) is 7. The van der Waals surface area contributed by atoms with Gasteiger partial charge in [-0.1, -0.05) is 30.0 Å². The maximum atomic E-state index is 12.3. The second-order valence-electron chi connectivity index (χ2n) is 5.68. The van der Waals surface area contributed by atoms with E-state index in [-0.39, 0.29) is 19.0 Å². The summed E-state index contributed by atoms with van der Waals surface area (Å²) in [6.07, 6.45) is 1.98. The number of hydrogen-bond donors (Lipinski definition) is 0. The highest BCUT2D eigenvalue weighted by molar-refractivity contribution is 7.98. The molecule has 1 aromatic carbocycles. The minimum absolute atomic E-state index is 0.0658. The van der Waals surface area contributed by atoms with E-state index in [1.807, 2.05) is 26.2 Å². The number of nitriles is 1. The van der Waals surface area contributed by atoms with Gasteiger partial charge in [0.05, 0.1) is 18.1 Å². The molecular formula is C18H17N5O2S. The molecule has 0 aliphatic rings. The molecule has 26 heavy (non-hydrogen) atoms. The third-order valence-corrected chi connectivity index (χ3v) is 4.60. The van der Waals surface area contributed by atoms with Crippen LogP contribution in [0, 0.1) is 25.2 Å². The first-order valence-corrected chi connectivity index (χ1v) is 9.16. The van der Waals surface area contributed by atoms with E-state index < -0.39 is 0 Å². The third kappa shape index (κ3) is 3.53. The summed E-state index contributed by atoms with van der Waals surface area (Å²) in [6.45, 7) is 3.79. The van der Waals surface area contributed by atoms with Gasteiger partial charge < -0.3 is 4.74 Å². The molecule has 2 heterocycles. The fourth-order valence-electron chi connectivity index (χ4n) is 2.64. The number of thioether (sulfide) groups is 1. The standard InChI is InChI=1S/C18H17N5O2S/c1-11-15(12(2)23-17(20-11)21-18(22-23)26-3)8-16(24)25-10-14-7-5-4-6-13(14)9-19/h4-7H,8,10H2,1-3H3. The highest BCUT2D eigenvalue weighted by Gasteiger charge is 2.17. The quantitative estimate of drug-likeness (QED) is 0.505. The predicted molar refractivity (Wildman–Crippen MR) is 96.7 cm³/mol. The summed E-state index contributed by atoms with van der Waals surface area (Å²) in [6, 6.07) is 9.15. The Bertz CT molecular complexity index is 1020. The molecule has 0 aliphatic carbocycles. The van der Waals surface area contributed by atoms with Gasteiger partial charge in [-0.2, -0.15) is 10.2 Å². The van der Waals surface area contributed by atoms with Gasteiger partial charge in [0, 0.05) is 22.5 Å². The van der Waals surface area contributed by atoms with Crippen LogP contribution >= 0.6 is 11.8 Å².